The van der Waals surface area contributed by atoms with Crippen molar-refractivity contribution in [1.82, 2.24) is 4.98 Å². The van der Waals surface area contributed by atoms with E-state index < -0.39 is 5.95 Å². The van der Waals surface area contributed by atoms with Gasteiger partial charge in [0.15, 0.2) is 5.75 Å². The van der Waals surface area contributed by atoms with E-state index >= 15 is 0 Å². The fourth-order valence-electron chi connectivity index (χ4n) is 1.32. The van der Waals surface area contributed by atoms with Crippen LogP contribution in [0, 0.1) is 17.3 Å². The SMILES string of the molecule is N#Cc1ccc(COc2cccnc2F)cc1. The third kappa shape index (κ3) is 2.79. The molecule has 0 spiro atoms. The van der Waals surface area contributed by atoms with Gasteiger partial charge in [0.2, 0.25) is 0 Å². The molecule has 0 saturated heterocycles. The Labute approximate surface area is 98.1 Å². The predicted molar refractivity (Wildman–Crippen MR) is 59.7 cm³/mol. The Morgan fingerprint density at radius 1 is 1.24 bits per heavy atom. The van der Waals surface area contributed by atoms with E-state index in [0.29, 0.717) is 5.56 Å². The average Bonchev–Trinajstić information content (AvgIpc) is 2.38. The summed E-state index contributed by atoms with van der Waals surface area (Å²) in [6.45, 7) is 0.244. The lowest BCUT2D eigenvalue weighted by Crippen LogP contribution is -1.98. The molecule has 2 aromatic rings. The van der Waals surface area contributed by atoms with Crippen LogP contribution in [0.5, 0.6) is 5.75 Å². The number of hydrogen-bond acceptors (Lipinski definition) is 3. The molecule has 0 amide bonds. The Morgan fingerprint density at radius 2 is 2.00 bits per heavy atom. The molecular formula is C13H9FN2O. The molecule has 0 aliphatic carbocycles. The number of hydrogen-bond donors (Lipinski definition) is 0. The highest BCUT2D eigenvalue weighted by Crippen LogP contribution is 2.15. The van der Waals surface area contributed by atoms with Crippen LogP contribution in [0.3, 0.4) is 0 Å². The van der Waals surface area contributed by atoms with E-state index in [1.165, 1.54) is 12.3 Å². The lowest BCUT2D eigenvalue weighted by atomic mass is 10.2. The maximum absolute atomic E-state index is 13.1. The van der Waals surface area contributed by atoms with Crippen molar-refractivity contribution in [3.05, 3.63) is 59.7 Å². The number of nitrogens with zero attached hydrogens (tertiary/aromatic N) is 2. The van der Waals surface area contributed by atoms with Crippen molar-refractivity contribution in [2.24, 2.45) is 0 Å². The minimum absolute atomic E-state index is 0.122. The fraction of sp³-hybridized carbons (Fsp3) is 0.0769. The monoisotopic (exact) mass is 228 g/mol. The summed E-state index contributed by atoms with van der Waals surface area (Å²) in [5, 5.41) is 8.63. The number of aromatic nitrogens is 1. The Morgan fingerprint density at radius 3 is 2.65 bits per heavy atom. The molecule has 0 aliphatic rings. The van der Waals surface area contributed by atoms with Gasteiger partial charge in [-0.25, -0.2) is 4.98 Å². The summed E-state index contributed by atoms with van der Waals surface area (Å²) in [6, 6.07) is 12.1. The normalized spacial score (nSPS) is 9.65. The van der Waals surface area contributed by atoms with Crippen LogP contribution in [0.2, 0.25) is 0 Å². The summed E-state index contributed by atoms with van der Waals surface area (Å²) in [4.78, 5) is 3.48. The molecule has 1 aromatic carbocycles. The maximum Gasteiger partial charge on any atom is 0.255 e. The molecular weight excluding hydrogens is 219 g/mol. The van der Waals surface area contributed by atoms with E-state index in [9.17, 15) is 4.39 Å². The van der Waals surface area contributed by atoms with Crippen LogP contribution in [0.4, 0.5) is 4.39 Å². The van der Waals surface area contributed by atoms with Gasteiger partial charge in [0.1, 0.15) is 6.61 Å². The second-order valence-corrected chi connectivity index (χ2v) is 3.39. The van der Waals surface area contributed by atoms with Crippen LogP contribution in [0.15, 0.2) is 42.6 Å². The molecule has 17 heavy (non-hydrogen) atoms. The van der Waals surface area contributed by atoms with Gasteiger partial charge >= 0.3 is 0 Å². The summed E-state index contributed by atoms with van der Waals surface area (Å²) in [7, 11) is 0. The molecule has 0 bridgehead atoms. The second kappa shape index (κ2) is 5.08. The largest absolute Gasteiger partial charge is 0.484 e. The van der Waals surface area contributed by atoms with E-state index in [-0.39, 0.29) is 12.4 Å². The highest BCUT2D eigenvalue weighted by molar-refractivity contribution is 5.31. The molecule has 0 fully saturated rings. The highest BCUT2D eigenvalue weighted by atomic mass is 19.1. The van der Waals surface area contributed by atoms with Gasteiger partial charge in [0, 0.05) is 6.20 Å². The van der Waals surface area contributed by atoms with Gasteiger partial charge in [-0.3, -0.25) is 0 Å². The van der Waals surface area contributed by atoms with E-state index in [2.05, 4.69) is 4.98 Å². The van der Waals surface area contributed by atoms with Crippen molar-refractivity contribution in [2.75, 3.05) is 0 Å². The first-order chi connectivity index (χ1) is 8.29. The van der Waals surface area contributed by atoms with E-state index in [4.69, 9.17) is 10.00 Å². The average molecular weight is 228 g/mol. The summed E-state index contributed by atoms with van der Waals surface area (Å²) < 4.78 is 18.4. The topological polar surface area (TPSA) is 45.9 Å². The summed E-state index contributed by atoms with van der Waals surface area (Å²) in [6.07, 6.45) is 1.36. The number of pyridine rings is 1. The van der Waals surface area contributed by atoms with Crippen LogP contribution in [0.25, 0.3) is 0 Å². The van der Waals surface area contributed by atoms with E-state index in [0.717, 1.165) is 5.56 Å². The van der Waals surface area contributed by atoms with Crippen molar-refractivity contribution < 1.29 is 9.13 Å². The Kier molecular flexibility index (Phi) is 3.31. The molecule has 0 unspecified atom stereocenters. The smallest absolute Gasteiger partial charge is 0.255 e. The van der Waals surface area contributed by atoms with Gasteiger partial charge in [-0.2, -0.15) is 9.65 Å². The third-order valence-electron chi connectivity index (χ3n) is 2.20. The molecule has 0 N–H and O–H groups in total. The molecule has 0 radical (unpaired) electrons. The van der Waals surface area contributed by atoms with Gasteiger partial charge in [-0.05, 0) is 29.8 Å². The molecule has 0 aliphatic heterocycles. The first kappa shape index (κ1) is 11.1. The lowest BCUT2D eigenvalue weighted by Gasteiger charge is -2.06. The molecule has 1 aromatic heterocycles. The zero-order valence-corrected chi connectivity index (χ0v) is 8.93. The Balaban J connectivity index is 2.03. The second-order valence-electron chi connectivity index (χ2n) is 3.39. The first-order valence-electron chi connectivity index (χ1n) is 5.02. The minimum Gasteiger partial charge on any atom is -0.484 e. The number of benzene rings is 1. The van der Waals surface area contributed by atoms with Crippen LogP contribution < -0.4 is 4.74 Å². The van der Waals surface area contributed by atoms with Crippen LogP contribution in [-0.2, 0) is 6.61 Å². The zero-order chi connectivity index (χ0) is 12.1. The molecule has 4 heteroatoms. The van der Waals surface area contributed by atoms with Gasteiger partial charge in [0.25, 0.3) is 5.95 Å². The van der Waals surface area contributed by atoms with Crippen molar-refractivity contribution in [1.29, 1.82) is 5.26 Å². The van der Waals surface area contributed by atoms with Gasteiger partial charge < -0.3 is 4.74 Å². The molecule has 3 nitrogen and oxygen atoms in total. The first-order valence-corrected chi connectivity index (χ1v) is 5.02. The van der Waals surface area contributed by atoms with Crippen LogP contribution in [0.1, 0.15) is 11.1 Å². The number of halogens is 1. The molecule has 0 saturated carbocycles. The van der Waals surface area contributed by atoms with Crippen molar-refractivity contribution >= 4 is 0 Å². The van der Waals surface area contributed by atoms with Gasteiger partial charge in [-0.1, -0.05) is 12.1 Å². The van der Waals surface area contributed by atoms with Crippen molar-refractivity contribution in [3.8, 4) is 11.8 Å². The maximum atomic E-state index is 13.1. The number of nitriles is 1. The molecule has 2 rings (SSSR count). The zero-order valence-electron chi connectivity index (χ0n) is 8.93. The Hall–Kier alpha value is -2.41. The summed E-state index contributed by atoms with van der Waals surface area (Å²) in [5.74, 6) is -0.502. The summed E-state index contributed by atoms with van der Waals surface area (Å²) >= 11 is 0. The molecule has 1 heterocycles. The number of ether oxygens (including phenoxy) is 1. The number of rotatable bonds is 3. The highest BCUT2D eigenvalue weighted by Gasteiger charge is 2.03. The minimum atomic E-state index is -0.624. The third-order valence-corrected chi connectivity index (χ3v) is 2.20. The van der Waals surface area contributed by atoms with Crippen LogP contribution >= 0.6 is 0 Å². The lowest BCUT2D eigenvalue weighted by molar-refractivity contribution is 0.286. The molecule has 84 valence electrons. The van der Waals surface area contributed by atoms with E-state index in [1.54, 1.807) is 30.3 Å². The quantitative estimate of drug-likeness (QED) is 0.759. The van der Waals surface area contributed by atoms with Gasteiger partial charge in [0.05, 0.1) is 11.6 Å². The predicted octanol–water partition coefficient (Wildman–Crippen LogP) is 2.67. The van der Waals surface area contributed by atoms with Crippen molar-refractivity contribution in [3.63, 3.8) is 0 Å². The summed E-state index contributed by atoms with van der Waals surface area (Å²) in [5.41, 5.74) is 1.45. The van der Waals surface area contributed by atoms with Gasteiger partial charge in [-0.15, -0.1) is 0 Å². The standard InChI is InChI=1S/C13H9FN2O/c14-13-12(2-1-7-16-13)17-9-11-5-3-10(8-15)4-6-11/h1-7H,9H2. The van der Waals surface area contributed by atoms with E-state index in [1.807, 2.05) is 6.07 Å². The Bertz CT molecular complexity index is 546. The fourth-order valence-corrected chi connectivity index (χ4v) is 1.32. The van der Waals surface area contributed by atoms with Crippen molar-refractivity contribution in [2.45, 2.75) is 6.61 Å². The van der Waals surface area contributed by atoms with Crippen LogP contribution in [-0.4, -0.2) is 4.98 Å². The molecule has 0 atom stereocenters.